The van der Waals surface area contributed by atoms with Gasteiger partial charge in [0.25, 0.3) is 0 Å². The van der Waals surface area contributed by atoms with Gasteiger partial charge in [-0.1, -0.05) is 11.6 Å². The molecule has 0 atom stereocenters. The summed E-state index contributed by atoms with van der Waals surface area (Å²) in [6.45, 7) is 1.73. The van der Waals surface area contributed by atoms with Crippen LogP contribution >= 0.6 is 11.6 Å². The molecule has 0 unspecified atom stereocenters. The molecular formula is C11H10ClFN2. The minimum atomic E-state index is -0.423. The second-order valence-corrected chi connectivity index (χ2v) is 3.99. The lowest BCUT2D eigenvalue weighted by Gasteiger charge is -1.98. The first-order valence-electron chi connectivity index (χ1n) is 4.57. The van der Waals surface area contributed by atoms with Gasteiger partial charge in [0.15, 0.2) is 0 Å². The van der Waals surface area contributed by atoms with Crippen molar-refractivity contribution in [2.45, 2.75) is 13.3 Å². The van der Waals surface area contributed by atoms with E-state index in [9.17, 15) is 4.39 Å². The Labute approximate surface area is 91.6 Å². The molecule has 0 aliphatic heterocycles. The number of hydrogen-bond acceptors (Lipinski definition) is 1. The predicted molar refractivity (Wildman–Crippen MR) is 60.4 cm³/mol. The maximum atomic E-state index is 13.2. The van der Waals surface area contributed by atoms with Gasteiger partial charge in [0.1, 0.15) is 5.82 Å². The summed E-state index contributed by atoms with van der Waals surface area (Å²) in [5.74, 6) is -0.423. The standard InChI is InChI=1S/C11H10ClFN2/c1-6(14)2-7-5-15-11-4-9(12)10(13)3-8(7)11/h3-5,14-15H,2H2,1H3. The zero-order valence-electron chi connectivity index (χ0n) is 8.20. The summed E-state index contributed by atoms with van der Waals surface area (Å²) < 4.78 is 13.2. The van der Waals surface area contributed by atoms with E-state index in [0.717, 1.165) is 16.5 Å². The van der Waals surface area contributed by atoms with E-state index in [1.807, 2.05) is 0 Å². The van der Waals surface area contributed by atoms with Crippen molar-refractivity contribution in [2.24, 2.45) is 0 Å². The first-order chi connectivity index (χ1) is 7.08. The average Bonchev–Trinajstić information content (AvgIpc) is 2.49. The molecule has 2 rings (SSSR count). The van der Waals surface area contributed by atoms with Gasteiger partial charge in [0.2, 0.25) is 0 Å². The first kappa shape index (κ1) is 10.2. The fraction of sp³-hybridized carbons (Fsp3) is 0.182. The molecule has 1 aromatic carbocycles. The smallest absolute Gasteiger partial charge is 0.142 e. The molecular weight excluding hydrogens is 215 g/mol. The second kappa shape index (κ2) is 3.66. The van der Waals surface area contributed by atoms with Gasteiger partial charge in [-0.15, -0.1) is 0 Å². The second-order valence-electron chi connectivity index (χ2n) is 3.58. The van der Waals surface area contributed by atoms with Crippen LogP contribution in [0.1, 0.15) is 12.5 Å². The summed E-state index contributed by atoms with van der Waals surface area (Å²) in [6, 6.07) is 2.97. The molecule has 0 saturated carbocycles. The van der Waals surface area contributed by atoms with Gasteiger partial charge >= 0.3 is 0 Å². The Bertz CT molecular complexity index is 531. The van der Waals surface area contributed by atoms with Crippen molar-refractivity contribution in [3.63, 3.8) is 0 Å². The van der Waals surface area contributed by atoms with Crippen molar-refractivity contribution in [1.82, 2.24) is 4.98 Å². The van der Waals surface area contributed by atoms with Gasteiger partial charge in [0, 0.05) is 29.2 Å². The summed E-state index contributed by atoms with van der Waals surface area (Å²) in [4.78, 5) is 3.01. The largest absolute Gasteiger partial charge is 0.361 e. The van der Waals surface area contributed by atoms with Crippen molar-refractivity contribution in [3.05, 3.63) is 34.7 Å². The number of aromatic amines is 1. The fourth-order valence-corrected chi connectivity index (χ4v) is 1.77. The summed E-state index contributed by atoms with van der Waals surface area (Å²) in [5, 5.41) is 8.32. The highest BCUT2D eigenvalue weighted by Gasteiger charge is 2.08. The number of hydrogen-bond donors (Lipinski definition) is 2. The number of nitrogens with one attached hydrogen (secondary N) is 2. The Balaban J connectivity index is 2.59. The van der Waals surface area contributed by atoms with E-state index in [2.05, 4.69) is 4.98 Å². The highest BCUT2D eigenvalue weighted by atomic mass is 35.5. The number of rotatable bonds is 2. The SMILES string of the molecule is CC(=N)Cc1c[nH]c2cc(Cl)c(F)cc12. The third-order valence-corrected chi connectivity index (χ3v) is 2.55. The predicted octanol–water partition coefficient (Wildman–Crippen LogP) is 3.54. The van der Waals surface area contributed by atoms with Crippen molar-refractivity contribution in [2.75, 3.05) is 0 Å². The topological polar surface area (TPSA) is 39.6 Å². The molecule has 1 heterocycles. The molecule has 0 aliphatic rings. The molecule has 0 amide bonds. The van der Waals surface area contributed by atoms with Crippen LogP contribution in [0, 0.1) is 11.2 Å². The van der Waals surface area contributed by atoms with E-state index in [-0.39, 0.29) is 5.02 Å². The molecule has 2 N–H and O–H groups in total. The molecule has 0 radical (unpaired) electrons. The summed E-state index contributed by atoms with van der Waals surface area (Å²) >= 11 is 5.67. The van der Waals surface area contributed by atoms with Crippen LogP contribution in [0.4, 0.5) is 4.39 Å². The van der Waals surface area contributed by atoms with E-state index in [1.54, 1.807) is 19.2 Å². The van der Waals surface area contributed by atoms with E-state index < -0.39 is 5.82 Å². The number of benzene rings is 1. The van der Waals surface area contributed by atoms with Crippen LogP contribution in [0.5, 0.6) is 0 Å². The number of H-pyrrole nitrogens is 1. The van der Waals surface area contributed by atoms with Gasteiger partial charge < -0.3 is 10.4 Å². The van der Waals surface area contributed by atoms with Crippen LogP contribution in [0.3, 0.4) is 0 Å². The Morgan fingerprint density at radius 1 is 1.53 bits per heavy atom. The molecule has 0 spiro atoms. The monoisotopic (exact) mass is 224 g/mol. The van der Waals surface area contributed by atoms with Gasteiger partial charge in [0.05, 0.1) is 5.02 Å². The summed E-state index contributed by atoms with van der Waals surface area (Å²) in [7, 11) is 0. The third-order valence-electron chi connectivity index (χ3n) is 2.26. The highest BCUT2D eigenvalue weighted by Crippen LogP contribution is 2.25. The van der Waals surface area contributed by atoms with Gasteiger partial charge in [-0.05, 0) is 24.6 Å². The van der Waals surface area contributed by atoms with Gasteiger partial charge in [-0.3, -0.25) is 0 Å². The van der Waals surface area contributed by atoms with E-state index in [1.165, 1.54) is 6.07 Å². The summed E-state index contributed by atoms with van der Waals surface area (Å²) in [5.41, 5.74) is 2.27. The van der Waals surface area contributed by atoms with Crippen LogP contribution in [0.15, 0.2) is 18.3 Å². The van der Waals surface area contributed by atoms with Crippen LogP contribution in [0.25, 0.3) is 10.9 Å². The zero-order valence-corrected chi connectivity index (χ0v) is 8.95. The third kappa shape index (κ3) is 1.88. The Morgan fingerprint density at radius 3 is 2.93 bits per heavy atom. The number of fused-ring (bicyclic) bond motifs is 1. The Kier molecular flexibility index (Phi) is 2.49. The normalized spacial score (nSPS) is 10.9. The molecule has 1 aromatic heterocycles. The molecule has 2 aromatic rings. The van der Waals surface area contributed by atoms with Crippen LogP contribution < -0.4 is 0 Å². The van der Waals surface area contributed by atoms with Gasteiger partial charge in [-0.2, -0.15) is 0 Å². The van der Waals surface area contributed by atoms with Crippen LogP contribution in [-0.4, -0.2) is 10.7 Å². The van der Waals surface area contributed by atoms with Crippen molar-refractivity contribution < 1.29 is 4.39 Å². The lowest BCUT2D eigenvalue weighted by atomic mass is 10.1. The molecule has 78 valence electrons. The molecule has 15 heavy (non-hydrogen) atoms. The molecule has 0 saturated heterocycles. The number of aromatic nitrogens is 1. The lowest BCUT2D eigenvalue weighted by molar-refractivity contribution is 0.630. The van der Waals surface area contributed by atoms with Crippen molar-refractivity contribution >= 4 is 28.2 Å². The molecule has 4 heteroatoms. The van der Waals surface area contributed by atoms with E-state index >= 15 is 0 Å². The van der Waals surface area contributed by atoms with E-state index in [0.29, 0.717) is 12.1 Å². The maximum absolute atomic E-state index is 13.2. The fourth-order valence-electron chi connectivity index (χ4n) is 1.61. The molecule has 0 fully saturated rings. The number of halogens is 2. The van der Waals surface area contributed by atoms with Crippen molar-refractivity contribution in [3.8, 4) is 0 Å². The highest BCUT2D eigenvalue weighted by molar-refractivity contribution is 6.31. The Hall–Kier alpha value is -1.35. The first-order valence-corrected chi connectivity index (χ1v) is 4.95. The lowest BCUT2D eigenvalue weighted by Crippen LogP contribution is -1.93. The summed E-state index contributed by atoms with van der Waals surface area (Å²) in [6.07, 6.45) is 2.32. The maximum Gasteiger partial charge on any atom is 0.142 e. The molecule has 0 aliphatic carbocycles. The Morgan fingerprint density at radius 2 is 2.27 bits per heavy atom. The van der Waals surface area contributed by atoms with Crippen LogP contribution in [-0.2, 0) is 6.42 Å². The molecule has 2 nitrogen and oxygen atoms in total. The van der Waals surface area contributed by atoms with Crippen LogP contribution in [0.2, 0.25) is 5.02 Å². The zero-order chi connectivity index (χ0) is 11.0. The minimum Gasteiger partial charge on any atom is -0.361 e. The van der Waals surface area contributed by atoms with Gasteiger partial charge in [-0.25, -0.2) is 4.39 Å². The average molecular weight is 225 g/mol. The quantitative estimate of drug-likeness (QED) is 0.733. The van der Waals surface area contributed by atoms with Crippen molar-refractivity contribution in [1.29, 1.82) is 5.41 Å². The minimum absolute atomic E-state index is 0.113. The molecule has 0 bridgehead atoms. The van der Waals surface area contributed by atoms with E-state index in [4.69, 9.17) is 17.0 Å².